The lowest BCUT2D eigenvalue weighted by atomic mass is 9.93. The predicted octanol–water partition coefficient (Wildman–Crippen LogP) is 4.78. The number of hydrogen-bond acceptors (Lipinski definition) is 3. The van der Waals surface area contributed by atoms with Crippen LogP contribution in [0.25, 0.3) is 5.57 Å². The third kappa shape index (κ3) is 4.68. The van der Waals surface area contributed by atoms with Crippen molar-refractivity contribution < 1.29 is 13.2 Å². The number of rotatable bonds is 5. The van der Waals surface area contributed by atoms with Crippen LogP contribution in [-0.4, -0.2) is 39.1 Å². The first-order valence-electron chi connectivity index (χ1n) is 10.8. The first-order valence-corrected chi connectivity index (χ1v) is 12.7. The van der Waals surface area contributed by atoms with Gasteiger partial charge in [-0.1, -0.05) is 60.7 Å². The van der Waals surface area contributed by atoms with E-state index in [2.05, 4.69) is 54.6 Å². The number of fused-ring (bicyclic) bond motifs is 2. The first-order chi connectivity index (χ1) is 15.3. The summed E-state index contributed by atoms with van der Waals surface area (Å²) in [7, 11) is -1.60. The number of nitrogens with zero attached hydrogens (tertiary/aromatic N) is 1. The van der Waals surface area contributed by atoms with E-state index in [-0.39, 0.29) is 10.8 Å². The van der Waals surface area contributed by atoms with Crippen molar-refractivity contribution in [3.63, 3.8) is 0 Å². The molecule has 1 aliphatic carbocycles. The Kier molecular flexibility index (Phi) is 6.28. The van der Waals surface area contributed by atoms with Crippen molar-refractivity contribution in [3.05, 3.63) is 107 Å². The van der Waals surface area contributed by atoms with Crippen LogP contribution >= 0.6 is 0 Å². The number of aryl methyl sites for hydroxylation is 2. The average Bonchev–Trinajstić information content (AvgIpc) is 2.95. The monoisotopic (exact) mass is 445 g/mol. The Hall–Kier alpha value is -3.18. The minimum Gasteiger partial charge on any atom is -0.341 e. The number of carbonyl (C=O) groups excluding carboxylic acids is 1. The molecule has 164 valence electrons. The summed E-state index contributed by atoms with van der Waals surface area (Å²) in [4.78, 5) is 14.7. The van der Waals surface area contributed by atoms with Crippen LogP contribution in [0.5, 0.6) is 0 Å². The zero-order valence-corrected chi connectivity index (χ0v) is 19.2. The van der Waals surface area contributed by atoms with Gasteiger partial charge < -0.3 is 4.90 Å². The zero-order chi connectivity index (χ0) is 22.7. The van der Waals surface area contributed by atoms with E-state index in [1.165, 1.54) is 40.0 Å². The summed E-state index contributed by atoms with van der Waals surface area (Å²) in [5.41, 5.74) is 6.80. The molecule has 3 aromatic carbocycles. The van der Waals surface area contributed by atoms with E-state index in [1.807, 2.05) is 0 Å². The van der Waals surface area contributed by atoms with E-state index >= 15 is 0 Å². The Labute approximate surface area is 190 Å². The van der Waals surface area contributed by atoms with Gasteiger partial charge in [0, 0.05) is 25.4 Å². The third-order valence-corrected chi connectivity index (χ3v) is 7.06. The van der Waals surface area contributed by atoms with Gasteiger partial charge >= 0.3 is 0 Å². The second kappa shape index (κ2) is 9.13. The normalized spacial score (nSPS) is 13.0. The molecular weight excluding hydrogens is 418 g/mol. The fraction of sp³-hybridized carbons (Fsp3) is 0.222. The molecule has 0 spiro atoms. The Bertz CT molecular complexity index is 1240. The molecule has 4 nitrogen and oxygen atoms in total. The standard InChI is InChI=1S/C27H27NO3S/c1-28(27(29)22-11-7-12-23(19-22)32(2,30)31)18-8-15-26-24-13-5-3-9-20(24)16-17-21-10-4-6-14-25(21)26/h3-7,9-15,19H,8,16-18H2,1-2H3. The van der Waals surface area contributed by atoms with Gasteiger partial charge in [0.15, 0.2) is 9.84 Å². The lowest BCUT2D eigenvalue weighted by molar-refractivity contribution is 0.0797. The number of amides is 1. The molecule has 32 heavy (non-hydrogen) atoms. The third-order valence-electron chi connectivity index (χ3n) is 5.95. The van der Waals surface area contributed by atoms with Crippen molar-refractivity contribution in [1.82, 2.24) is 4.90 Å². The fourth-order valence-electron chi connectivity index (χ4n) is 4.22. The highest BCUT2D eigenvalue weighted by atomic mass is 32.2. The molecule has 0 atom stereocenters. The molecule has 0 heterocycles. The molecule has 0 radical (unpaired) electrons. The molecule has 0 aliphatic heterocycles. The molecule has 0 N–H and O–H groups in total. The summed E-state index contributed by atoms with van der Waals surface area (Å²) in [6, 6.07) is 23.3. The van der Waals surface area contributed by atoms with E-state index < -0.39 is 9.84 Å². The van der Waals surface area contributed by atoms with Gasteiger partial charge in [-0.25, -0.2) is 8.42 Å². The van der Waals surface area contributed by atoms with E-state index in [0.29, 0.717) is 18.5 Å². The number of carbonyl (C=O) groups is 1. The lowest BCUT2D eigenvalue weighted by Gasteiger charge is -2.18. The van der Waals surface area contributed by atoms with Crippen LogP contribution < -0.4 is 0 Å². The maximum atomic E-state index is 12.9. The lowest BCUT2D eigenvalue weighted by Crippen LogP contribution is -2.27. The average molecular weight is 446 g/mol. The van der Waals surface area contributed by atoms with E-state index in [1.54, 1.807) is 24.1 Å². The summed E-state index contributed by atoms with van der Waals surface area (Å²) in [6.45, 7) is 0.537. The smallest absolute Gasteiger partial charge is 0.253 e. The van der Waals surface area contributed by atoms with Gasteiger partial charge in [0.05, 0.1) is 4.90 Å². The number of benzene rings is 3. The summed E-state index contributed by atoms with van der Waals surface area (Å²) in [5.74, 6) is -0.185. The van der Waals surface area contributed by atoms with Crippen LogP contribution in [-0.2, 0) is 22.7 Å². The van der Waals surface area contributed by atoms with Gasteiger partial charge in [-0.15, -0.1) is 0 Å². The highest BCUT2D eigenvalue weighted by Gasteiger charge is 2.18. The van der Waals surface area contributed by atoms with Gasteiger partial charge in [0.25, 0.3) is 5.91 Å². The summed E-state index contributed by atoms with van der Waals surface area (Å²) in [6.07, 6.45) is 6.10. The topological polar surface area (TPSA) is 54.5 Å². The van der Waals surface area contributed by atoms with Crippen LogP contribution in [0, 0.1) is 0 Å². The molecule has 3 aromatic rings. The fourth-order valence-corrected chi connectivity index (χ4v) is 4.89. The Morgan fingerprint density at radius 1 is 0.906 bits per heavy atom. The molecule has 0 saturated carbocycles. The van der Waals surface area contributed by atoms with Crippen molar-refractivity contribution in [2.45, 2.75) is 24.2 Å². The summed E-state index contributed by atoms with van der Waals surface area (Å²) >= 11 is 0. The second-order valence-electron chi connectivity index (χ2n) is 8.25. The van der Waals surface area contributed by atoms with Gasteiger partial charge in [-0.3, -0.25) is 4.79 Å². The van der Waals surface area contributed by atoms with Crippen LogP contribution in [0.4, 0.5) is 0 Å². The molecule has 0 fully saturated rings. The van der Waals surface area contributed by atoms with Crippen molar-refractivity contribution in [2.75, 3.05) is 19.8 Å². The van der Waals surface area contributed by atoms with Crippen molar-refractivity contribution >= 4 is 21.3 Å². The molecule has 0 aromatic heterocycles. The Morgan fingerprint density at radius 3 is 2.09 bits per heavy atom. The van der Waals surface area contributed by atoms with Gasteiger partial charge in [0.1, 0.15) is 0 Å². The first kappa shape index (κ1) is 22.0. The van der Waals surface area contributed by atoms with Crippen molar-refractivity contribution in [3.8, 4) is 0 Å². The van der Waals surface area contributed by atoms with E-state index in [0.717, 1.165) is 19.1 Å². The van der Waals surface area contributed by atoms with Crippen LogP contribution in [0.2, 0.25) is 0 Å². The zero-order valence-electron chi connectivity index (χ0n) is 18.4. The molecule has 1 amide bonds. The quantitative estimate of drug-likeness (QED) is 0.568. The van der Waals surface area contributed by atoms with Crippen LogP contribution in [0.1, 0.15) is 39.0 Å². The minimum absolute atomic E-state index is 0.158. The number of sulfone groups is 1. The van der Waals surface area contributed by atoms with E-state index in [9.17, 15) is 13.2 Å². The molecule has 1 aliphatic rings. The maximum Gasteiger partial charge on any atom is 0.253 e. The van der Waals surface area contributed by atoms with Gasteiger partial charge in [0.2, 0.25) is 0 Å². The molecule has 4 rings (SSSR count). The van der Waals surface area contributed by atoms with Gasteiger partial charge in [-0.2, -0.15) is 0 Å². The van der Waals surface area contributed by atoms with Crippen molar-refractivity contribution in [1.29, 1.82) is 0 Å². The van der Waals surface area contributed by atoms with Crippen molar-refractivity contribution in [2.24, 2.45) is 0 Å². The van der Waals surface area contributed by atoms with E-state index in [4.69, 9.17) is 0 Å². The maximum absolute atomic E-state index is 12.9. The van der Waals surface area contributed by atoms with Crippen LogP contribution in [0.15, 0.2) is 83.8 Å². The highest BCUT2D eigenvalue weighted by Crippen LogP contribution is 2.33. The number of hydrogen-bond donors (Lipinski definition) is 0. The minimum atomic E-state index is -3.36. The Balaban J connectivity index is 1.56. The molecular formula is C27H27NO3S. The SMILES string of the molecule is CN(CCC=C1c2ccccc2CCc2ccccc21)C(=O)c1cccc(S(C)(=O)=O)c1. The molecule has 5 heteroatoms. The molecule has 0 saturated heterocycles. The highest BCUT2D eigenvalue weighted by molar-refractivity contribution is 7.90. The predicted molar refractivity (Wildman–Crippen MR) is 129 cm³/mol. The van der Waals surface area contributed by atoms with Crippen LogP contribution in [0.3, 0.4) is 0 Å². The largest absolute Gasteiger partial charge is 0.341 e. The van der Waals surface area contributed by atoms with Gasteiger partial charge in [-0.05, 0) is 65.3 Å². The summed E-state index contributed by atoms with van der Waals surface area (Å²) < 4.78 is 23.6. The molecule has 0 bridgehead atoms. The second-order valence-corrected chi connectivity index (χ2v) is 10.3. The Morgan fingerprint density at radius 2 is 1.50 bits per heavy atom. The molecule has 0 unspecified atom stereocenters. The summed E-state index contributed by atoms with van der Waals surface area (Å²) in [5, 5.41) is 0.